The van der Waals surface area contributed by atoms with Gasteiger partial charge in [-0.3, -0.25) is 0 Å². The number of rotatable bonds is 3. The van der Waals surface area contributed by atoms with E-state index in [2.05, 4.69) is 25.9 Å². The molecule has 18 heavy (non-hydrogen) atoms. The van der Waals surface area contributed by atoms with Gasteiger partial charge in [-0.1, -0.05) is 30.1 Å². The molecule has 0 atom stereocenters. The van der Waals surface area contributed by atoms with Crippen molar-refractivity contribution < 1.29 is 4.74 Å². The quantitative estimate of drug-likeness (QED) is 0.740. The lowest BCUT2D eigenvalue weighted by Gasteiger charge is -2.07. The van der Waals surface area contributed by atoms with Crippen molar-refractivity contribution in [1.29, 1.82) is 0 Å². The van der Waals surface area contributed by atoms with Crippen molar-refractivity contribution in [2.45, 2.75) is 13.3 Å². The molecule has 2 rings (SSSR count). The fourth-order valence-corrected chi connectivity index (χ4v) is 2.27. The van der Waals surface area contributed by atoms with Gasteiger partial charge in [-0.15, -0.1) is 0 Å². The third-order valence-electron chi connectivity index (χ3n) is 2.09. The molecule has 1 heterocycles. The number of hydrogen-bond donors (Lipinski definition) is 0. The zero-order valence-corrected chi connectivity index (χ0v) is 12.6. The third-order valence-corrected chi connectivity index (χ3v) is 2.94. The van der Waals surface area contributed by atoms with E-state index in [9.17, 15) is 0 Å². The highest BCUT2D eigenvalue weighted by Crippen LogP contribution is 2.28. The Bertz CT molecular complexity index is 558. The molecule has 0 saturated carbocycles. The summed E-state index contributed by atoms with van der Waals surface area (Å²) in [6, 6.07) is 6.68. The fraction of sp³-hybridized carbons (Fsp3) is 0.167. The summed E-state index contributed by atoms with van der Waals surface area (Å²) in [5.74, 6) is 1.69. The van der Waals surface area contributed by atoms with E-state index >= 15 is 0 Å². The van der Waals surface area contributed by atoms with Gasteiger partial charge in [0.05, 0.1) is 0 Å². The van der Waals surface area contributed by atoms with Gasteiger partial charge in [-0.25, -0.2) is 4.98 Å². The van der Waals surface area contributed by atoms with Crippen molar-refractivity contribution >= 4 is 39.1 Å². The number of aryl methyl sites for hydroxylation is 1. The van der Waals surface area contributed by atoms with Crippen LogP contribution in [0.2, 0.25) is 10.0 Å². The fourth-order valence-electron chi connectivity index (χ4n) is 1.36. The second-order valence-corrected chi connectivity index (χ2v) is 5.19. The van der Waals surface area contributed by atoms with Crippen LogP contribution in [0.25, 0.3) is 0 Å². The minimum Gasteiger partial charge on any atom is -0.439 e. The Labute approximate surface area is 123 Å². The molecular weight excluding hydrogens is 339 g/mol. The Morgan fingerprint density at radius 1 is 1.11 bits per heavy atom. The number of hydrogen-bond acceptors (Lipinski definition) is 3. The van der Waals surface area contributed by atoms with Crippen LogP contribution in [0.15, 0.2) is 28.9 Å². The van der Waals surface area contributed by atoms with Crippen LogP contribution >= 0.6 is 39.1 Å². The smallest absolute Gasteiger partial charge is 0.223 e. The molecule has 94 valence electrons. The summed E-state index contributed by atoms with van der Waals surface area (Å²) >= 11 is 15.1. The summed E-state index contributed by atoms with van der Waals surface area (Å²) in [4.78, 5) is 8.46. The van der Waals surface area contributed by atoms with E-state index in [4.69, 9.17) is 27.9 Å². The van der Waals surface area contributed by atoms with E-state index in [0.29, 0.717) is 32.1 Å². The average molecular weight is 348 g/mol. The Morgan fingerprint density at radius 3 is 2.39 bits per heavy atom. The van der Waals surface area contributed by atoms with Crippen molar-refractivity contribution in [3.8, 4) is 11.6 Å². The Balaban J connectivity index is 2.30. The van der Waals surface area contributed by atoms with Crippen LogP contribution in [0.4, 0.5) is 0 Å². The lowest BCUT2D eigenvalue weighted by molar-refractivity contribution is 0.458. The predicted molar refractivity (Wildman–Crippen MR) is 75.6 cm³/mol. The van der Waals surface area contributed by atoms with E-state index in [0.717, 1.165) is 6.42 Å². The van der Waals surface area contributed by atoms with Crippen molar-refractivity contribution in [3.63, 3.8) is 0 Å². The maximum Gasteiger partial charge on any atom is 0.223 e. The molecule has 0 bridgehead atoms. The number of aromatic nitrogens is 2. The van der Waals surface area contributed by atoms with Crippen LogP contribution in [-0.2, 0) is 6.42 Å². The van der Waals surface area contributed by atoms with Crippen molar-refractivity contribution in [1.82, 2.24) is 9.97 Å². The van der Waals surface area contributed by atoms with Crippen LogP contribution in [0.5, 0.6) is 11.6 Å². The first-order valence-corrected chi connectivity index (χ1v) is 6.79. The molecule has 0 spiro atoms. The molecule has 3 nitrogen and oxygen atoms in total. The summed E-state index contributed by atoms with van der Waals surface area (Å²) in [5.41, 5.74) is 0. The van der Waals surface area contributed by atoms with Crippen LogP contribution in [0.1, 0.15) is 12.7 Å². The summed E-state index contributed by atoms with van der Waals surface area (Å²) in [6.45, 7) is 1.97. The maximum absolute atomic E-state index is 5.90. The Hall–Kier alpha value is -0.840. The van der Waals surface area contributed by atoms with E-state index in [1.165, 1.54) is 0 Å². The number of halogens is 3. The summed E-state index contributed by atoms with van der Waals surface area (Å²) in [6.07, 6.45) is 0.728. The Kier molecular flexibility index (Phi) is 4.43. The second-order valence-electron chi connectivity index (χ2n) is 3.51. The van der Waals surface area contributed by atoms with Gasteiger partial charge in [-0.05, 0) is 34.1 Å². The molecule has 1 aromatic heterocycles. The van der Waals surface area contributed by atoms with Gasteiger partial charge in [0.15, 0.2) is 0 Å². The van der Waals surface area contributed by atoms with Crippen LogP contribution in [0, 0.1) is 0 Å². The van der Waals surface area contributed by atoms with Crippen molar-refractivity contribution in [3.05, 3.63) is 44.7 Å². The first kappa shape index (κ1) is 13.6. The molecule has 0 unspecified atom stereocenters. The van der Waals surface area contributed by atoms with Crippen LogP contribution in [0.3, 0.4) is 0 Å². The van der Waals surface area contributed by atoms with Gasteiger partial charge >= 0.3 is 0 Å². The molecule has 0 fully saturated rings. The van der Waals surface area contributed by atoms with Gasteiger partial charge < -0.3 is 4.74 Å². The average Bonchev–Trinajstić information content (AvgIpc) is 2.26. The SMILES string of the molecule is CCc1nc(Br)cc(Oc2cc(Cl)cc(Cl)c2)n1. The molecule has 0 radical (unpaired) electrons. The number of ether oxygens (including phenoxy) is 1. The predicted octanol–water partition coefficient (Wildman–Crippen LogP) is 4.90. The maximum atomic E-state index is 5.90. The molecule has 0 aliphatic carbocycles. The molecule has 0 saturated heterocycles. The molecule has 0 aliphatic rings. The highest BCUT2D eigenvalue weighted by atomic mass is 79.9. The van der Waals surface area contributed by atoms with Gasteiger partial charge in [-0.2, -0.15) is 4.98 Å². The molecule has 2 aromatic rings. The standard InChI is InChI=1S/C12H9BrCl2N2O/c1-2-11-16-10(13)6-12(17-11)18-9-4-7(14)3-8(15)5-9/h3-6H,2H2,1H3. The summed E-state index contributed by atoms with van der Waals surface area (Å²) in [7, 11) is 0. The second kappa shape index (κ2) is 5.87. The molecular formula is C12H9BrCl2N2O. The van der Waals surface area contributed by atoms with E-state index in [1.807, 2.05) is 6.92 Å². The third kappa shape index (κ3) is 3.57. The van der Waals surface area contributed by atoms with E-state index in [-0.39, 0.29) is 0 Å². The van der Waals surface area contributed by atoms with Crippen molar-refractivity contribution in [2.24, 2.45) is 0 Å². The summed E-state index contributed by atoms with van der Waals surface area (Å²) in [5, 5.41) is 1.03. The highest BCUT2D eigenvalue weighted by Gasteiger charge is 2.05. The minimum absolute atomic E-state index is 0.451. The molecule has 6 heteroatoms. The van der Waals surface area contributed by atoms with Gasteiger partial charge in [0.1, 0.15) is 16.2 Å². The van der Waals surface area contributed by atoms with E-state index < -0.39 is 0 Å². The minimum atomic E-state index is 0.451. The van der Waals surface area contributed by atoms with Crippen molar-refractivity contribution in [2.75, 3.05) is 0 Å². The largest absolute Gasteiger partial charge is 0.439 e. The zero-order valence-electron chi connectivity index (χ0n) is 9.45. The van der Waals surface area contributed by atoms with Gasteiger partial charge in [0.2, 0.25) is 5.88 Å². The van der Waals surface area contributed by atoms with Crippen LogP contribution in [-0.4, -0.2) is 9.97 Å². The highest BCUT2D eigenvalue weighted by molar-refractivity contribution is 9.10. The van der Waals surface area contributed by atoms with Gasteiger partial charge in [0, 0.05) is 22.5 Å². The Morgan fingerprint density at radius 2 is 1.78 bits per heavy atom. The monoisotopic (exact) mass is 346 g/mol. The van der Waals surface area contributed by atoms with Crippen LogP contribution < -0.4 is 4.74 Å². The van der Waals surface area contributed by atoms with Gasteiger partial charge in [0.25, 0.3) is 0 Å². The first-order chi connectivity index (χ1) is 8.56. The zero-order chi connectivity index (χ0) is 13.1. The van der Waals surface area contributed by atoms with E-state index in [1.54, 1.807) is 24.3 Å². The molecule has 0 N–H and O–H groups in total. The first-order valence-electron chi connectivity index (χ1n) is 5.24. The topological polar surface area (TPSA) is 35.0 Å². The molecule has 0 aliphatic heterocycles. The lowest BCUT2D eigenvalue weighted by Crippen LogP contribution is -1.96. The lowest BCUT2D eigenvalue weighted by atomic mass is 10.3. The number of nitrogens with zero attached hydrogens (tertiary/aromatic N) is 2. The molecule has 0 amide bonds. The number of benzene rings is 1. The normalized spacial score (nSPS) is 10.4. The molecule has 1 aromatic carbocycles. The summed E-state index contributed by atoms with van der Waals surface area (Å²) < 4.78 is 6.29.